The number of nitrogens with zero attached hydrogens (tertiary/aromatic N) is 1. The number of hydrogen-bond donors (Lipinski definition) is 1. The zero-order valence-corrected chi connectivity index (χ0v) is 15.7. The van der Waals surface area contributed by atoms with Crippen LogP contribution in [-0.2, 0) is 27.7 Å². The molecule has 2 aromatic carbocycles. The van der Waals surface area contributed by atoms with Gasteiger partial charge in [-0.1, -0.05) is 37.3 Å². The summed E-state index contributed by atoms with van der Waals surface area (Å²) in [4.78, 5) is 12.2. The molecule has 0 aliphatic carbocycles. The van der Waals surface area contributed by atoms with Crippen LogP contribution in [0.25, 0.3) is 0 Å². The van der Waals surface area contributed by atoms with Crippen molar-refractivity contribution in [3.8, 4) is 0 Å². The SMILES string of the molecule is CCc1ccccc1N(CC(=O)NCCc1ccc(F)cc1)S(C)(=O)=O. The van der Waals surface area contributed by atoms with E-state index in [0.29, 0.717) is 25.1 Å². The molecule has 7 heteroatoms. The van der Waals surface area contributed by atoms with Crippen molar-refractivity contribution in [1.82, 2.24) is 5.32 Å². The third-order valence-corrected chi connectivity index (χ3v) is 5.10. The van der Waals surface area contributed by atoms with Crippen molar-refractivity contribution >= 4 is 21.6 Å². The number of anilines is 1. The van der Waals surface area contributed by atoms with Gasteiger partial charge < -0.3 is 5.32 Å². The van der Waals surface area contributed by atoms with Crippen molar-refractivity contribution in [3.63, 3.8) is 0 Å². The number of sulfonamides is 1. The van der Waals surface area contributed by atoms with E-state index in [1.807, 2.05) is 19.1 Å². The molecule has 2 rings (SSSR count). The largest absolute Gasteiger partial charge is 0.354 e. The molecule has 1 amide bonds. The van der Waals surface area contributed by atoms with E-state index in [2.05, 4.69) is 5.32 Å². The lowest BCUT2D eigenvalue weighted by atomic mass is 10.1. The maximum absolute atomic E-state index is 12.9. The minimum Gasteiger partial charge on any atom is -0.354 e. The van der Waals surface area contributed by atoms with Crippen molar-refractivity contribution in [2.24, 2.45) is 0 Å². The van der Waals surface area contributed by atoms with Gasteiger partial charge in [-0.2, -0.15) is 0 Å². The summed E-state index contributed by atoms with van der Waals surface area (Å²) in [6.45, 7) is 2.00. The van der Waals surface area contributed by atoms with Crippen molar-refractivity contribution in [2.75, 3.05) is 23.7 Å². The highest BCUT2D eigenvalue weighted by Crippen LogP contribution is 2.23. The second kappa shape index (κ2) is 8.80. The van der Waals surface area contributed by atoms with Crippen LogP contribution in [0.2, 0.25) is 0 Å². The van der Waals surface area contributed by atoms with Crippen LogP contribution in [0.1, 0.15) is 18.1 Å². The van der Waals surface area contributed by atoms with Gasteiger partial charge in [0.05, 0.1) is 11.9 Å². The maximum atomic E-state index is 12.9. The van der Waals surface area contributed by atoms with Gasteiger partial charge in [-0.15, -0.1) is 0 Å². The third kappa shape index (κ3) is 5.56. The average Bonchev–Trinajstić information content (AvgIpc) is 2.60. The number of halogens is 1. The molecular weight excluding hydrogens is 355 g/mol. The molecule has 26 heavy (non-hydrogen) atoms. The first-order valence-electron chi connectivity index (χ1n) is 8.38. The minimum atomic E-state index is -3.60. The van der Waals surface area contributed by atoms with Gasteiger partial charge in [0.2, 0.25) is 15.9 Å². The number of benzene rings is 2. The van der Waals surface area contributed by atoms with Crippen LogP contribution >= 0.6 is 0 Å². The van der Waals surface area contributed by atoms with Gasteiger partial charge in [0.15, 0.2) is 0 Å². The minimum absolute atomic E-state index is 0.279. The predicted molar refractivity (Wildman–Crippen MR) is 101 cm³/mol. The fourth-order valence-corrected chi connectivity index (χ4v) is 3.51. The first kappa shape index (κ1) is 19.9. The molecule has 0 saturated heterocycles. The topological polar surface area (TPSA) is 66.5 Å². The van der Waals surface area contributed by atoms with Gasteiger partial charge in [-0.25, -0.2) is 12.8 Å². The Morgan fingerprint density at radius 3 is 2.38 bits per heavy atom. The Bertz CT molecular complexity index is 851. The number of carbonyl (C=O) groups excluding carboxylic acids is 1. The van der Waals surface area contributed by atoms with Crippen LogP contribution in [-0.4, -0.2) is 33.7 Å². The highest BCUT2D eigenvalue weighted by Gasteiger charge is 2.22. The number of para-hydroxylation sites is 1. The summed E-state index contributed by atoms with van der Waals surface area (Å²) in [5.41, 5.74) is 2.27. The van der Waals surface area contributed by atoms with Crippen LogP contribution in [0, 0.1) is 5.82 Å². The Hall–Kier alpha value is -2.41. The van der Waals surface area contributed by atoms with E-state index < -0.39 is 10.0 Å². The number of hydrogen-bond acceptors (Lipinski definition) is 3. The van der Waals surface area contributed by atoms with E-state index in [1.165, 1.54) is 12.1 Å². The van der Waals surface area contributed by atoms with E-state index in [1.54, 1.807) is 24.3 Å². The van der Waals surface area contributed by atoms with Gasteiger partial charge in [-0.05, 0) is 42.2 Å². The number of carbonyl (C=O) groups is 1. The van der Waals surface area contributed by atoms with Crippen molar-refractivity contribution in [3.05, 3.63) is 65.5 Å². The molecule has 0 radical (unpaired) electrons. The van der Waals surface area contributed by atoms with Crippen LogP contribution in [0.4, 0.5) is 10.1 Å². The Labute approximate surface area is 153 Å². The Morgan fingerprint density at radius 2 is 1.77 bits per heavy atom. The number of nitrogens with one attached hydrogen (secondary N) is 1. The molecule has 140 valence electrons. The molecule has 0 spiro atoms. The first-order chi connectivity index (χ1) is 12.3. The van der Waals surface area contributed by atoms with E-state index in [9.17, 15) is 17.6 Å². The van der Waals surface area contributed by atoms with Gasteiger partial charge in [0, 0.05) is 6.54 Å². The average molecular weight is 378 g/mol. The molecule has 5 nitrogen and oxygen atoms in total. The lowest BCUT2D eigenvalue weighted by Gasteiger charge is -2.24. The van der Waals surface area contributed by atoms with Gasteiger partial charge in [-0.3, -0.25) is 9.10 Å². The second-order valence-electron chi connectivity index (χ2n) is 5.98. The summed E-state index contributed by atoms with van der Waals surface area (Å²) in [7, 11) is -3.60. The summed E-state index contributed by atoms with van der Waals surface area (Å²) < 4.78 is 38.4. The Balaban J connectivity index is 2.02. The molecule has 0 aliphatic rings. The van der Waals surface area contributed by atoms with Crippen LogP contribution < -0.4 is 9.62 Å². The third-order valence-electron chi connectivity index (χ3n) is 3.98. The Kier molecular flexibility index (Phi) is 6.74. The Morgan fingerprint density at radius 1 is 1.12 bits per heavy atom. The van der Waals surface area contributed by atoms with E-state index in [-0.39, 0.29) is 18.3 Å². The number of amides is 1. The van der Waals surface area contributed by atoms with Crippen molar-refractivity contribution in [2.45, 2.75) is 19.8 Å². The molecule has 0 heterocycles. The van der Waals surface area contributed by atoms with Crippen LogP contribution in [0.5, 0.6) is 0 Å². The number of aryl methyl sites for hydroxylation is 1. The van der Waals surface area contributed by atoms with Gasteiger partial charge >= 0.3 is 0 Å². The zero-order valence-electron chi connectivity index (χ0n) is 14.9. The quantitative estimate of drug-likeness (QED) is 0.768. The van der Waals surface area contributed by atoms with E-state index in [4.69, 9.17) is 0 Å². The summed E-state index contributed by atoms with van der Waals surface area (Å²) in [6.07, 6.45) is 2.29. The molecule has 0 aromatic heterocycles. The molecule has 1 N–H and O–H groups in total. The predicted octanol–water partition coefficient (Wildman–Crippen LogP) is 2.51. The molecule has 0 bridgehead atoms. The molecule has 0 saturated carbocycles. The second-order valence-corrected chi connectivity index (χ2v) is 7.89. The molecule has 0 aliphatic heterocycles. The maximum Gasteiger partial charge on any atom is 0.240 e. The standard InChI is InChI=1S/C19H23FN2O3S/c1-3-16-6-4-5-7-18(16)22(26(2,24)25)14-19(23)21-13-12-15-8-10-17(20)11-9-15/h4-11H,3,12-14H2,1-2H3,(H,21,23). The lowest BCUT2D eigenvalue weighted by Crippen LogP contribution is -2.41. The first-order valence-corrected chi connectivity index (χ1v) is 10.2. The summed E-state index contributed by atoms with van der Waals surface area (Å²) in [5, 5.41) is 2.72. The normalized spacial score (nSPS) is 11.2. The van der Waals surface area contributed by atoms with Gasteiger partial charge in [0.25, 0.3) is 0 Å². The summed E-state index contributed by atoms with van der Waals surface area (Å²) in [6, 6.07) is 13.2. The molecule has 0 fully saturated rings. The zero-order chi connectivity index (χ0) is 19.2. The highest BCUT2D eigenvalue weighted by atomic mass is 32.2. The summed E-state index contributed by atoms with van der Waals surface area (Å²) in [5.74, 6) is -0.695. The lowest BCUT2D eigenvalue weighted by molar-refractivity contribution is -0.119. The smallest absolute Gasteiger partial charge is 0.240 e. The molecular formula is C19H23FN2O3S. The molecule has 2 aromatic rings. The van der Waals surface area contributed by atoms with Crippen molar-refractivity contribution < 1.29 is 17.6 Å². The van der Waals surface area contributed by atoms with E-state index >= 15 is 0 Å². The highest BCUT2D eigenvalue weighted by molar-refractivity contribution is 7.92. The fraction of sp³-hybridized carbons (Fsp3) is 0.316. The van der Waals surface area contributed by atoms with Crippen molar-refractivity contribution in [1.29, 1.82) is 0 Å². The van der Waals surface area contributed by atoms with Crippen LogP contribution in [0.15, 0.2) is 48.5 Å². The van der Waals surface area contributed by atoms with Crippen LogP contribution in [0.3, 0.4) is 0 Å². The summed E-state index contributed by atoms with van der Waals surface area (Å²) >= 11 is 0. The van der Waals surface area contributed by atoms with E-state index in [0.717, 1.165) is 21.7 Å². The van der Waals surface area contributed by atoms with Gasteiger partial charge in [0.1, 0.15) is 12.4 Å². The number of rotatable bonds is 8. The molecule has 0 atom stereocenters. The molecule has 0 unspecified atom stereocenters. The monoisotopic (exact) mass is 378 g/mol. The fourth-order valence-electron chi connectivity index (χ4n) is 2.62.